The van der Waals surface area contributed by atoms with E-state index in [2.05, 4.69) is 5.43 Å². The lowest BCUT2D eigenvalue weighted by molar-refractivity contribution is -0.123. The molecule has 1 fully saturated rings. The molecule has 0 unspecified atom stereocenters. The molecular formula is C20H11ClN2O4S2. The van der Waals surface area contributed by atoms with E-state index in [0.717, 1.165) is 16.8 Å². The number of halogens is 1. The second-order valence-corrected chi connectivity index (χ2v) is 8.09. The SMILES string of the molecule is O=C(NN1C(=O)/C(=C/c2coc3ccccc3c2=O)SC1=S)c1ccc(Cl)cc1. The highest BCUT2D eigenvalue weighted by molar-refractivity contribution is 8.26. The van der Waals surface area contributed by atoms with Crippen molar-refractivity contribution in [3.63, 3.8) is 0 Å². The zero-order valence-electron chi connectivity index (χ0n) is 14.5. The van der Waals surface area contributed by atoms with Crippen LogP contribution in [-0.2, 0) is 4.79 Å². The van der Waals surface area contributed by atoms with Gasteiger partial charge in [0.05, 0.1) is 15.9 Å². The van der Waals surface area contributed by atoms with Gasteiger partial charge in [-0.3, -0.25) is 19.8 Å². The van der Waals surface area contributed by atoms with E-state index in [-0.39, 0.29) is 20.2 Å². The summed E-state index contributed by atoms with van der Waals surface area (Å²) < 4.78 is 5.61. The summed E-state index contributed by atoms with van der Waals surface area (Å²) in [5, 5.41) is 1.88. The summed E-state index contributed by atoms with van der Waals surface area (Å²) in [7, 11) is 0. The molecule has 0 radical (unpaired) electrons. The number of amides is 2. The van der Waals surface area contributed by atoms with E-state index in [9.17, 15) is 14.4 Å². The van der Waals surface area contributed by atoms with E-state index >= 15 is 0 Å². The molecule has 0 aliphatic carbocycles. The molecule has 0 atom stereocenters. The third kappa shape index (κ3) is 3.82. The maximum atomic E-state index is 12.7. The molecule has 2 aromatic carbocycles. The normalized spacial score (nSPS) is 15.3. The maximum Gasteiger partial charge on any atom is 0.285 e. The first-order valence-electron chi connectivity index (χ1n) is 8.29. The summed E-state index contributed by atoms with van der Waals surface area (Å²) in [5.74, 6) is -1.04. The molecule has 0 bridgehead atoms. The molecule has 29 heavy (non-hydrogen) atoms. The third-order valence-electron chi connectivity index (χ3n) is 4.11. The van der Waals surface area contributed by atoms with Crippen LogP contribution in [0.1, 0.15) is 15.9 Å². The molecule has 4 rings (SSSR count). The van der Waals surface area contributed by atoms with E-state index in [1.54, 1.807) is 36.4 Å². The molecular weight excluding hydrogens is 432 g/mol. The van der Waals surface area contributed by atoms with Crippen molar-refractivity contribution in [2.45, 2.75) is 0 Å². The average molecular weight is 443 g/mol. The Hall–Kier alpha value is -2.94. The molecule has 9 heteroatoms. The highest BCUT2D eigenvalue weighted by atomic mass is 35.5. The molecule has 2 heterocycles. The predicted molar refractivity (Wildman–Crippen MR) is 116 cm³/mol. The van der Waals surface area contributed by atoms with Crippen molar-refractivity contribution in [1.29, 1.82) is 0 Å². The molecule has 2 amide bonds. The zero-order chi connectivity index (χ0) is 20.5. The van der Waals surface area contributed by atoms with Gasteiger partial charge < -0.3 is 4.42 Å². The van der Waals surface area contributed by atoms with Gasteiger partial charge in [-0.1, -0.05) is 35.5 Å². The van der Waals surface area contributed by atoms with Gasteiger partial charge in [-0.2, -0.15) is 5.01 Å². The highest BCUT2D eigenvalue weighted by Crippen LogP contribution is 2.31. The molecule has 1 aromatic heterocycles. The molecule has 6 nitrogen and oxygen atoms in total. The second kappa shape index (κ2) is 7.82. The van der Waals surface area contributed by atoms with E-state index in [1.807, 2.05) is 0 Å². The van der Waals surface area contributed by atoms with E-state index in [0.29, 0.717) is 21.6 Å². The number of thioether (sulfide) groups is 1. The van der Waals surface area contributed by atoms with E-state index in [1.165, 1.54) is 24.5 Å². The number of nitrogens with one attached hydrogen (secondary N) is 1. The molecule has 0 saturated carbocycles. The lowest BCUT2D eigenvalue weighted by Gasteiger charge is -2.15. The summed E-state index contributed by atoms with van der Waals surface area (Å²) in [6.45, 7) is 0. The summed E-state index contributed by atoms with van der Waals surface area (Å²) in [6.07, 6.45) is 2.70. The first-order valence-corrected chi connectivity index (χ1v) is 9.89. The number of hydrogen-bond donors (Lipinski definition) is 1. The zero-order valence-corrected chi connectivity index (χ0v) is 16.9. The minimum absolute atomic E-state index is 0.147. The lowest BCUT2D eigenvalue weighted by atomic mass is 10.1. The van der Waals surface area contributed by atoms with Crippen LogP contribution in [0.4, 0.5) is 0 Å². The number of benzene rings is 2. The number of hydrogen-bond acceptors (Lipinski definition) is 6. The van der Waals surface area contributed by atoms with Crippen molar-refractivity contribution >= 4 is 68.8 Å². The first-order chi connectivity index (χ1) is 13.9. The van der Waals surface area contributed by atoms with Crippen LogP contribution in [0, 0.1) is 0 Å². The first kappa shape index (κ1) is 19.4. The van der Waals surface area contributed by atoms with Gasteiger partial charge in [0.15, 0.2) is 9.75 Å². The quantitative estimate of drug-likeness (QED) is 0.488. The molecule has 144 valence electrons. The fourth-order valence-corrected chi connectivity index (χ4v) is 3.96. The van der Waals surface area contributed by atoms with Gasteiger partial charge in [0, 0.05) is 10.6 Å². The minimum Gasteiger partial charge on any atom is -0.463 e. The summed E-state index contributed by atoms with van der Waals surface area (Å²) in [5.41, 5.74) is 3.20. The Morgan fingerprint density at radius 1 is 1.14 bits per heavy atom. The summed E-state index contributed by atoms with van der Waals surface area (Å²) in [4.78, 5) is 37.9. The van der Waals surface area contributed by atoms with Crippen LogP contribution in [0.2, 0.25) is 5.02 Å². The van der Waals surface area contributed by atoms with Gasteiger partial charge in [-0.25, -0.2) is 0 Å². The monoisotopic (exact) mass is 442 g/mol. The summed E-state index contributed by atoms with van der Waals surface area (Å²) >= 11 is 12.0. The van der Waals surface area contributed by atoms with Crippen molar-refractivity contribution in [2.75, 3.05) is 0 Å². The van der Waals surface area contributed by atoms with Gasteiger partial charge in [-0.15, -0.1) is 0 Å². The van der Waals surface area contributed by atoms with Crippen LogP contribution in [0.5, 0.6) is 0 Å². The maximum absolute atomic E-state index is 12.7. The number of thiocarbonyl (C=S) groups is 1. The number of hydrazine groups is 1. The van der Waals surface area contributed by atoms with Crippen LogP contribution in [0.25, 0.3) is 17.0 Å². The van der Waals surface area contributed by atoms with E-state index in [4.69, 9.17) is 28.2 Å². The molecule has 1 N–H and O–H groups in total. The van der Waals surface area contributed by atoms with Crippen LogP contribution in [-0.4, -0.2) is 21.1 Å². The molecule has 3 aromatic rings. The van der Waals surface area contributed by atoms with Crippen molar-refractivity contribution in [3.8, 4) is 0 Å². The Labute approximate surface area is 179 Å². The van der Waals surface area contributed by atoms with Crippen LogP contribution >= 0.6 is 35.6 Å². The Morgan fingerprint density at radius 2 is 1.86 bits per heavy atom. The van der Waals surface area contributed by atoms with Crippen molar-refractivity contribution in [1.82, 2.24) is 10.4 Å². The largest absolute Gasteiger partial charge is 0.463 e. The van der Waals surface area contributed by atoms with Gasteiger partial charge >= 0.3 is 0 Å². The van der Waals surface area contributed by atoms with Crippen LogP contribution in [0.15, 0.2) is 68.9 Å². The Kier molecular flexibility index (Phi) is 5.23. The van der Waals surface area contributed by atoms with Gasteiger partial charge in [-0.05, 0) is 54.7 Å². The predicted octanol–water partition coefficient (Wildman–Crippen LogP) is 3.99. The summed E-state index contributed by atoms with van der Waals surface area (Å²) in [6, 6.07) is 13.0. The Balaban J connectivity index is 1.59. The minimum atomic E-state index is -0.533. The number of carbonyl (C=O) groups is 2. The average Bonchev–Trinajstić information content (AvgIpc) is 2.98. The van der Waals surface area contributed by atoms with Gasteiger partial charge in [0.2, 0.25) is 0 Å². The number of fused-ring (bicyclic) bond motifs is 1. The molecule has 1 saturated heterocycles. The van der Waals surface area contributed by atoms with Crippen molar-refractivity contribution in [3.05, 3.63) is 86.1 Å². The topological polar surface area (TPSA) is 79.6 Å². The standard InChI is InChI=1S/C20H11ClN2O4S2/c21-13-7-5-11(6-8-13)18(25)22-23-19(26)16(29-20(23)28)9-12-10-27-15-4-2-1-3-14(15)17(12)24/h1-10H,(H,22,25)/b16-9-. The van der Waals surface area contributed by atoms with Gasteiger partial charge in [0.25, 0.3) is 11.8 Å². The van der Waals surface area contributed by atoms with Crippen LogP contribution in [0.3, 0.4) is 0 Å². The lowest BCUT2D eigenvalue weighted by Crippen LogP contribution is -2.44. The Morgan fingerprint density at radius 3 is 2.62 bits per heavy atom. The van der Waals surface area contributed by atoms with Crippen molar-refractivity contribution in [2.24, 2.45) is 0 Å². The fourth-order valence-electron chi connectivity index (χ4n) is 2.67. The number of para-hydroxylation sites is 1. The van der Waals surface area contributed by atoms with Gasteiger partial charge in [0.1, 0.15) is 11.8 Å². The fraction of sp³-hybridized carbons (Fsp3) is 0. The molecule has 0 spiro atoms. The van der Waals surface area contributed by atoms with E-state index < -0.39 is 11.8 Å². The Bertz CT molecular complexity index is 1250. The molecule has 1 aliphatic heterocycles. The smallest absolute Gasteiger partial charge is 0.285 e. The van der Waals surface area contributed by atoms with Crippen LogP contribution < -0.4 is 10.9 Å². The second-order valence-electron chi connectivity index (χ2n) is 5.98. The molecule has 1 aliphatic rings. The number of nitrogens with zero attached hydrogens (tertiary/aromatic N) is 1. The number of carbonyl (C=O) groups excluding carboxylic acids is 2. The van der Waals surface area contributed by atoms with Crippen molar-refractivity contribution < 1.29 is 14.0 Å². The third-order valence-corrected chi connectivity index (χ3v) is 5.66. The number of rotatable bonds is 3. The highest BCUT2D eigenvalue weighted by Gasteiger charge is 2.34.